The zero-order valence-corrected chi connectivity index (χ0v) is 13.2. The molecule has 0 aliphatic carbocycles. The van der Waals surface area contributed by atoms with Crippen molar-refractivity contribution in [3.05, 3.63) is 28.8 Å². The first-order valence-electron chi connectivity index (χ1n) is 6.27. The van der Waals surface area contributed by atoms with Gasteiger partial charge in [0.1, 0.15) is 0 Å². The van der Waals surface area contributed by atoms with Crippen molar-refractivity contribution < 1.29 is 4.79 Å². The first kappa shape index (κ1) is 16.3. The van der Waals surface area contributed by atoms with E-state index in [0.717, 1.165) is 5.56 Å². The molecule has 0 aliphatic heterocycles. The molecule has 0 saturated carbocycles. The summed E-state index contributed by atoms with van der Waals surface area (Å²) in [7, 11) is 1.63. The molecule has 0 heterocycles. The summed E-state index contributed by atoms with van der Waals surface area (Å²) in [5.74, 6) is 0.0825. The highest BCUT2D eigenvalue weighted by atomic mass is 35.5. The molecule has 110 valence electrons. The predicted octanol–water partition coefficient (Wildman–Crippen LogP) is 2.91. The Hall–Kier alpha value is -1.75. The van der Waals surface area contributed by atoms with Crippen molar-refractivity contribution in [2.45, 2.75) is 33.2 Å². The summed E-state index contributed by atoms with van der Waals surface area (Å²) in [5, 5.41) is 3.05. The number of hydrogen-bond donors (Lipinski definition) is 2. The number of carbonyl (C=O) groups excluding carboxylic acids is 1. The summed E-state index contributed by atoms with van der Waals surface area (Å²) in [4.78, 5) is 17.7. The SMILES string of the molecule is Cc1cccc(Cl)c1N(C)C(=O)NC(N)=NC(C)(C)C. The number of hydrogen-bond acceptors (Lipinski definition) is 2. The van der Waals surface area contributed by atoms with E-state index in [0.29, 0.717) is 10.7 Å². The van der Waals surface area contributed by atoms with Crippen LogP contribution < -0.4 is 16.0 Å². The van der Waals surface area contributed by atoms with Crippen LogP contribution in [0.3, 0.4) is 0 Å². The number of benzene rings is 1. The molecule has 5 nitrogen and oxygen atoms in total. The number of aryl methyl sites for hydroxylation is 1. The molecule has 0 aromatic heterocycles. The van der Waals surface area contributed by atoms with Gasteiger partial charge in [-0.25, -0.2) is 9.79 Å². The van der Waals surface area contributed by atoms with Gasteiger partial charge < -0.3 is 5.73 Å². The number of nitrogens with two attached hydrogens (primary N) is 1. The Kier molecular flexibility index (Phi) is 5.00. The molecule has 0 bridgehead atoms. The van der Waals surface area contributed by atoms with E-state index in [2.05, 4.69) is 10.3 Å². The van der Waals surface area contributed by atoms with Crippen LogP contribution in [0.5, 0.6) is 0 Å². The molecule has 1 aromatic rings. The largest absolute Gasteiger partial charge is 0.370 e. The summed E-state index contributed by atoms with van der Waals surface area (Å²) < 4.78 is 0. The third-order valence-electron chi connectivity index (χ3n) is 2.52. The van der Waals surface area contributed by atoms with Crippen molar-refractivity contribution >= 4 is 29.3 Å². The van der Waals surface area contributed by atoms with Crippen molar-refractivity contribution in [2.24, 2.45) is 10.7 Å². The maximum absolute atomic E-state index is 12.1. The second kappa shape index (κ2) is 6.13. The molecule has 0 aliphatic rings. The summed E-state index contributed by atoms with van der Waals surface area (Å²) in [6.07, 6.45) is 0. The first-order chi connectivity index (χ1) is 9.11. The van der Waals surface area contributed by atoms with Gasteiger partial charge in [0, 0.05) is 7.05 Å². The van der Waals surface area contributed by atoms with Crippen LogP contribution in [-0.4, -0.2) is 24.6 Å². The van der Waals surface area contributed by atoms with Gasteiger partial charge in [0.25, 0.3) is 0 Å². The summed E-state index contributed by atoms with van der Waals surface area (Å²) >= 11 is 6.13. The summed E-state index contributed by atoms with van der Waals surface area (Å²) in [6.45, 7) is 7.58. The summed E-state index contributed by atoms with van der Waals surface area (Å²) in [6, 6.07) is 5.08. The van der Waals surface area contributed by atoms with Gasteiger partial charge in [0.05, 0.1) is 16.2 Å². The Morgan fingerprint density at radius 2 is 2.00 bits per heavy atom. The Morgan fingerprint density at radius 3 is 2.50 bits per heavy atom. The number of anilines is 1. The number of para-hydroxylation sites is 1. The standard InChI is InChI=1S/C14H21ClN4O/c1-9-7-6-8-10(15)11(9)19(5)13(20)17-12(16)18-14(2,3)4/h6-8H,1-5H3,(H3,16,17,18,20). The number of amides is 2. The number of nitrogens with zero attached hydrogens (tertiary/aromatic N) is 2. The highest BCUT2D eigenvalue weighted by Gasteiger charge is 2.17. The van der Waals surface area contributed by atoms with Gasteiger partial charge in [0.15, 0.2) is 5.96 Å². The molecule has 0 fully saturated rings. The molecular formula is C14H21ClN4O. The number of halogens is 1. The highest BCUT2D eigenvalue weighted by Crippen LogP contribution is 2.28. The molecule has 0 saturated heterocycles. The zero-order valence-electron chi connectivity index (χ0n) is 12.5. The third kappa shape index (κ3) is 4.42. The van der Waals surface area contributed by atoms with Crippen LogP contribution in [0.4, 0.5) is 10.5 Å². The van der Waals surface area contributed by atoms with Crippen LogP contribution >= 0.6 is 11.6 Å². The molecule has 2 amide bonds. The molecule has 0 atom stereocenters. The Morgan fingerprint density at radius 1 is 1.40 bits per heavy atom. The van der Waals surface area contributed by atoms with E-state index in [1.54, 1.807) is 13.1 Å². The molecule has 6 heteroatoms. The minimum Gasteiger partial charge on any atom is -0.370 e. The van der Waals surface area contributed by atoms with Gasteiger partial charge in [-0.3, -0.25) is 10.2 Å². The lowest BCUT2D eigenvalue weighted by Crippen LogP contribution is -2.45. The van der Waals surface area contributed by atoms with Crippen molar-refractivity contribution in [3.8, 4) is 0 Å². The maximum Gasteiger partial charge on any atom is 0.328 e. The van der Waals surface area contributed by atoms with E-state index in [-0.39, 0.29) is 17.5 Å². The minimum atomic E-state index is -0.383. The van der Waals surface area contributed by atoms with Crippen molar-refractivity contribution in [3.63, 3.8) is 0 Å². The number of carbonyl (C=O) groups is 1. The molecule has 1 aromatic carbocycles. The van der Waals surface area contributed by atoms with Gasteiger partial charge in [0.2, 0.25) is 0 Å². The van der Waals surface area contributed by atoms with Gasteiger partial charge in [-0.2, -0.15) is 0 Å². The van der Waals surface area contributed by atoms with E-state index in [9.17, 15) is 4.79 Å². The molecule has 0 unspecified atom stereocenters. The van der Waals surface area contributed by atoms with Gasteiger partial charge in [-0.15, -0.1) is 0 Å². The highest BCUT2D eigenvalue weighted by molar-refractivity contribution is 6.34. The Labute approximate surface area is 124 Å². The molecular weight excluding hydrogens is 276 g/mol. The quantitative estimate of drug-likeness (QED) is 0.618. The van der Waals surface area contributed by atoms with Crippen LogP contribution in [0.25, 0.3) is 0 Å². The van der Waals surface area contributed by atoms with Gasteiger partial charge >= 0.3 is 6.03 Å². The molecule has 0 radical (unpaired) electrons. The molecule has 0 spiro atoms. The van der Waals surface area contributed by atoms with Gasteiger partial charge in [-0.05, 0) is 39.3 Å². The fourth-order valence-electron chi connectivity index (χ4n) is 1.73. The maximum atomic E-state index is 12.1. The lowest BCUT2D eigenvalue weighted by Gasteiger charge is -2.22. The van der Waals surface area contributed by atoms with E-state index in [1.165, 1.54) is 4.90 Å². The predicted molar refractivity (Wildman–Crippen MR) is 84.5 cm³/mol. The Balaban J connectivity index is 2.91. The second-order valence-corrected chi connectivity index (χ2v) is 5.97. The number of guanidine groups is 1. The van der Waals surface area contributed by atoms with E-state index in [4.69, 9.17) is 17.3 Å². The second-order valence-electron chi connectivity index (χ2n) is 5.56. The number of urea groups is 1. The van der Waals surface area contributed by atoms with Crippen LogP contribution in [0.2, 0.25) is 5.02 Å². The monoisotopic (exact) mass is 296 g/mol. The average Bonchev–Trinajstić information content (AvgIpc) is 2.25. The fraction of sp³-hybridized carbons (Fsp3) is 0.429. The summed E-state index contributed by atoms with van der Waals surface area (Å²) in [5.41, 5.74) is 6.91. The first-order valence-corrected chi connectivity index (χ1v) is 6.65. The van der Waals surface area contributed by atoms with Gasteiger partial charge in [-0.1, -0.05) is 23.7 Å². The minimum absolute atomic E-state index is 0.0825. The number of aliphatic imine (C=N–C) groups is 1. The topological polar surface area (TPSA) is 70.7 Å². The smallest absolute Gasteiger partial charge is 0.328 e. The average molecular weight is 297 g/mol. The van der Waals surface area contributed by atoms with Crippen LogP contribution in [0.1, 0.15) is 26.3 Å². The van der Waals surface area contributed by atoms with Crippen LogP contribution in [-0.2, 0) is 0 Å². The van der Waals surface area contributed by atoms with E-state index in [1.807, 2.05) is 39.8 Å². The fourth-order valence-corrected chi connectivity index (χ4v) is 2.08. The molecule has 1 rings (SSSR count). The molecule has 20 heavy (non-hydrogen) atoms. The van der Waals surface area contributed by atoms with Crippen molar-refractivity contribution in [1.29, 1.82) is 0 Å². The third-order valence-corrected chi connectivity index (χ3v) is 2.82. The Bertz CT molecular complexity index is 514. The number of nitrogens with one attached hydrogen (secondary N) is 1. The normalized spacial score (nSPS) is 12.2. The van der Waals surface area contributed by atoms with Crippen molar-refractivity contribution in [2.75, 3.05) is 11.9 Å². The lowest BCUT2D eigenvalue weighted by atomic mass is 10.1. The van der Waals surface area contributed by atoms with E-state index >= 15 is 0 Å². The zero-order chi connectivity index (χ0) is 15.5. The van der Waals surface area contributed by atoms with Crippen molar-refractivity contribution in [1.82, 2.24) is 5.32 Å². The lowest BCUT2D eigenvalue weighted by molar-refractivity contribution is 0.251. The van der Waals surface area contributed by atoms with Crippen LogP contribution in [0, 0.1) is 6.92 Å². The number of rotatable bonds is 1. The molecule has 3 N–H and O–H groups in total. The van der Waals surface area contributed by atoms with Crippen LogP contribution in [0.15, 0.2) is 23.2 Å². The van der Waals surface area contributed by atoms with E-state index < -0.39 is 0 Å².